The van der Waals surface area contributed by atoms with E-state index in [4.69, 9.17) is 10.4 Å². The van der Waals surface area contributed by atoms with E-state index in [2.05, 4.69) is 5.32 Å². The monoisotopic (exact) mass is 272 g/mol. The number of alkyl halides is 3. The maximum absolute atomic E-state index is 12.5. The summed E-state index contributed by atoms with van der Waals surface area (Å²) in [4.78, 5) is 0. The molecule has 0 atom stereocenters. The van der Waals surface area contributed by atoms with E-state index in [9.17, 15) is 13.2 Å². The smallest absolute Gasteiger partial charge is 0.396 e. The van der Waals surface area contributed by atoms with Crippen molar-refractivity contribution in [2.45, 2.75) is 25.4 Å². The Morgan fingerprint density at radius 2 is 1.95 bits per heavy atom. The van der Waals surface area contributed by atoms with Crippen LogP contribution >= 0.6 is 0 Å². The first-order valence-corrected chi connectivity index (χ1v) is 5.95. The molecule has 2 N–H and O–H groups in total. The second-order valence-corrected chi connectivity index (χ2v) is 4.08. The fourth-order valence-corrected chi connectivity index (χ4v) is 1.60. The van der Waals surface area contributed by atoms with Gasteiger partial charge in [0, 0.05) is 13.2 Å². The summed E-state index contributed by atoms with van der Waals surface area (Å²) in [5.74, 6) is 0. The van der Waals surface area contributed by atoms with E-state index in [0.717, 1.165) is 25.0 Å². The Balaban J connectivity index is 2.67. The Morgan fingerprint density at radius 1 is 1.21 bits per heavy atom. The van der Waals surface area contributed by atoms with E-state index >= 15 is 0 Å². The van der Waals surface area contributed by atoms with Gasteiger partial charge in [-0.25, -0.2) is 0 Å². The standard InChI is InChI=1S/C13H15F3N2O/c14-13(15,16)11-4-5-12(10(8-11)9-17)18-6-2-1-3-7-19/h4-5,8,18-19H,1-3,6-7H2. The highest BCUT2D eigenvalue weighted by molar-refractivity contribution is 5.58. The predicted molar refractivity (Wildman–Crippen MR) is 65.6 cm³/mol. The van der Waals surface area contributed by atoms with Crippen LogP contribution in [0, 0.1) is 11.3 Å². The molecule has 0 aromatic heterocycles. The van der Waals surface area contributed by atoms with Crippen molar-refractivity contribution in [1.82, 2.24) is 0 Å². The number of hydrogen-bond acceptors (Lipinski definition) is 3. The third-order valence-corrected chi connectivity index (χ3v) is 2.62. The van der Waals surface area contributed by atoms with Gasteiger partial charge in [0.1, 0.15) is 6.07 Å². The highest BCUT2D eigenvalue weighted by atomic mass is 19.4. The van der Waals surface area contributed by atoms with Gasteiger partial charge >= 0.3 is 6.18 Å². The first-order chi connectivity index (χ1) is 8.99. The van der Waals surface area contributed by atoms with Crippen LogP contribution in [0.3, 0.4) is 0 Å². The van der Waals surface area contributed by atoms with Crippen LogP contribution in [-0.4, -0.2) is 18.3 Å². The third kappa shape index (κ3) is 4.79. The lowest BCUT2D eigenvalue weighted by atomic mass is 10.1. The van der Waals surface area contributed by atoms with Crippen LogP contribution in [-0.2, 0) is 6.18 Å². The summed E-state index contributed by atoms with van der Waals surface area (Å²) in [6.07, 6.45) is -2.14. The molecule has 0 aliphatic carbocycles. The number of halogens is 3. The fraction of sp³-hybridized carbons (Fsp3) is 0.462. The summed E-state index contributed by atoms with van der Waals surface area (Å²) in [7, 11) is 0. The lowest BCUT2D eigenvalue weighted by Crippen LogP contribution is -2.08. The number of benzene rings is 1. The van der Waals surface area contributed by atoms with Crippen molar-refractivity contribution in [2.75, 3.05) is 18.5 Å². The number of rotatable bonds is 6. The first-order valence-electron chi connectivity index (χ1n) is 5.95. The van der Waals surface area contributed by atoms with E-state index in [1.807, 2.05) is 0 Å². The van der Waals surface area contributed by atoms with Crippen molar-refractivity contribution in [3.05, 3.63) is 29.3 Å². The van der Waals surface area contributed by atoms with E-state index in [-0.39, 0.29) is 12.2 Å². The van der Waals surface area contributed by atoms with Gasteiger partial charge in [0.2, 0.25) is 0 Å². The maximum Gasteiger partial charge on any atom is 0.416 e. The van der Waals surface area contributed by atoms with E-state index in [1.54, 1.807) is 6.07 Å². The SMILES string of the molecule is N#Cc1cc(C(F)(F)F)ccc1NCCCCCO. The van der Waals surface area contributed by atoms with Crippen LogP contribution < -0.4 is 5.32 Å². The molecule has 0 saturated carbocycles. The summed E-state index contributed by atoms with van der Waals surface area (Å²) in [6.45, 7) is 0.684. The predicted octanol–water partition coefficient (Wildman–Crippen LogP) is 3.15. The molecule has 0 fully saturated rings. The molecule has 19 heavy (non-hydrogen) atoms. The zero-order valence-corrected chi connectivity index (χ0v) is 10.3. The van der Waals surface area contributed by atoms with Gasteiger partial charge in [-0.1, -0.05) is 0 Å². The second-order valence-electron chi connectivity index (χ2n) is 4.08. The topological polar surface area (TPSA) is 56.0 Å². The Morgan fingerprint density at radius 3 is 2.53 bits per heavy atom. The molecule has 0 amide bonds. The van der Waals surface area contributed by atoms with Crippen molar-refractivity contribution in [1.29, 1.82) is 5.26 Å². The van der Waals surface area contributed by atoms with Crippen LogP contribution in [0.25, 0.3) is 0 Å². The Bertz CT molecular complexity index is 452. The molecule has 1 aromatic carbocycles. The molecule has 0 unspecified atom stereocenters. The van der Waals surface area contributed by atoms with Crippen LogP contribution in [0.4, 0.5) is 18.9 Å². The quantitative estimate of drug-likeness (QED) is 0.782. The average molecular weight is 272 g/mol. The molecule has 0 saturated heterocycles. The number of aliphatic hydroxyl groups is 1. The molecule has 104 valence electrons. The molecule has 6 heteroatoms. The average Bonchev–Trinajstić information content (AvgIpc) is 2.37. The summed E-state index contributed by atoms with van der Waals surface area (Å²) < 4.78 is 37.4. The largest absolute Gasteiger partial charge is 0.416 e. The van der Waals surface area contributed by atoms with Crippen molar-refractivity contribution >= 4 is 5.69 Å². The number of hydrogen-bond donors (Lipinski definition) is 2. The Hall–Kier alpha value is -1.74. The zero-order valence-electron chi connectivity index (χ0n) is 10.3. The Labute approximate surface area is 109 Å². The van der Waals surface area contributed by atoms with Gasteiger partial charge in [0.05, 0.1) is 16.8 Å². The van der Waals surface area contributed by atoms with Gasteiger partial charge in [-0.15, -0.1) is 0 Å². The van der Waals surface area contributed by atoms with Gasteiger partial charge in [-0.3, -0.25) is 0 Å². The number of unbranched alkanes of at least 4 members (excludes halogenated alkanes) is 2. The first kappa shape index (κ1) is 15.3. The number of nitriles is 1. The molecule has 3 nitrogen and oxygen atoms in total. The van der Waals surface area contributed by atoms with E-state index in [1.165, 1.54) is 6.07 Å². The molecule has 0 spiro atoms. The molecular formula is C13H15F3N2O. The molecule has 0 aliphatic rings. The van der Waals surface area contributed by atoms with Gasteiger partial charge in [0.15, 0.2) is 0 Å². The van der Waals surface area contributed by atoms with Crippen LogP contribution in [0.2, 0.25) is 0 Å². The maximum atomic E-state index is 12.5. The lowest BCUT2D eigenvalue weighted by Gasteiger charge is -2.11. The van der Waals surface area contributed by atoms with E-state index in [0.29, 0.717) is 18.7 Å². The van der Waals surface area contributed by atoms with E-state index < -0.39 is 11.7 Å². The lowest BCUT2D eigenvalue weighted by molar-refractivity contribution is -0.137. The molecule has 1 rings (SSSR count). The van der Waals surface area contributed by atoms with Crippen molar-refractivity contribution in [3.8, 4) is 6.07 Å². The molecule has 0 radical (unpaired) electrons. The summed E-state index contributed by atoms with van der Waals surface area (Å²) >= 11 is 0. The third-order valence-electron chi connectivity index (χ3n) is 2.62. The number of aliphatic hydroxyl groups excluding tert-OH is 1. The minimum Gasteiger partial charge on any atom is -0.396 e. The molecule has 0 bridgehead atoms. The van der Waals surface area contributed by atoms with Gasteiger partial charge < -0.3 is 10.4 Å². The van der Waals surface area contributed by atoms with Crippen LogP contribution in [0.15, 0.2) is 18.2 Å². The minimum atomic E-state index is -4.44. The Kier molecular flexibility index (Phi) is 5.64. The van der Waals surface area contributed by atoms with Gasteiger partial charge in [-0.2, -0.15) is 18.4 Å². The minimum absolute atomic E-state index is 0.0167. The second kappa shape index (κ2) is 7.00. The summed E-state index contributed by atoms with van der Waals surface area (Å²) in [5, 5.41) is 20.4. The number of nitrogens with zero attached hydrogens (tertiary/aromatic N) is 1. The fourth-order valence-electron chi connectivity index (χ4n) is 1.60. The van der Waals surface area contributed by atoms with Crippen LogP contribution in [0.1, 0.15) is 30.4 Å². The van der Waals surface area contributed by atoms with Crippen molar-refractivity contribution in [2.24, 2.45) is 0 Å². The zero-order chi connectivity index (χ0) is 14.3. The van der Waals surface area contributed by atoms with Crippen LogP contribution in [0.5, 0.6) is 0 Å². The molecule has 0 heterocycles. The highest BCUT2D eigenvalue weighted by Gasteiger charge is 2.30. The molecular weight excluding hydrogens is 257 g/mol. The number of nitrogens with one attached hydrogen (secondary N) is 1. The molecule has 1 aromatic rings. The highest BCUT2D eigenvalue weighted by Crippen LogP contribution is 2.31. The normalized spacial score (nSPS) is 11.1. The summed E-state index contributed by atoms with van der Waals surface area (Å²) in [5.41, 5.74) is -0.439. The summed E-state index contributed by atoms with van der Waals surface area (Å²) in [6, 6.07) is 4.83. The van der Waals surface area contributed by atoms with Crippen molar-refractivity contribution < 1.29 is 18.3 Å². The van der Waals surface area contributed by atoms with Crippen molar-refractivity contribution in [3.63, 3.8) is 0 Å². The number of anilines is 1. The van der Waals surface area contributed by atoms with Gasteiger partial charge in [0.25, 0.3) is 0 Å². The molecule has 0 aliphatic heterocycles. The van der Waals surface area contributed by atoms with Gasteiger partial charge in [-0.05, 0) is 37.5 Å².